The van der Waals surface area contributed by atoms with Gasteiger partial charge in [-0.3, -0.25) is 14.9 Å². The first-order valence-corrected chi connectivity index (χ1v) is 6.51. The van der Waals surface area contributed by atoms with Crippen LogP contribution in [-0.4, -0.2) is 22.2 Å². The molecule has 1 aliphatic rings. The second-order valence-electron chi connectivity index (χ2n) is 4.49. The van der Waals surface area contributed by atoms with Gasteiger partial charge < -0.3 is 4.90 Å². The average molecular weight is 313 g/mol. The predicted molar refractivity (Wildman–Crippen MR) is 72.3 cm³/mol. The Kier molecular flexibility index (Phi) is 3.38. The van der Waals surface area contributed by atoms with Gasteiger partial charge in [0.2, 0.25) is 5.91 Å². The fourth-order valence-corrected chi connectivity index (χ4v) is 2.74. The molecule has 0 aromatic heterocycles. The number of hydrogen-bond donors (Lipinski definition) is 0. The zero-order chi connectivity index (χ0) is 13.4. The Morgan fingerprint density at radius 2 is 2.06 bits per heavy atom. The molecule has 5 nitrogen and oxygen atoms in total. The molecule has 6 heteroatoms. The second-order valence-corrected chi connectivity index (χ2v) is 5.78. The number of anilines is 1. The van der Waals surface area contributed by atoms with E-state index in [0.29, 0.717) is 18.5 Å². The number of halogens is 1. The van der Waals surface area contributed by atoms with Gasteiger partial charge >= 0.3 is 0 Å². The van der Waals surface area contributed by atoms with Gasteiger partial charge in [0.05, 0.1) is 4.92 Å². The van der Waals surface area contributed by atoms with Gasteiger partial charge in [-0.1, -0.05) is 15.9 Å². The number of alkyl halides is 1. The molecule has 0 bridgehead atoms. The van der Waals surface area contributed by atoms with Crippen molar-refractivity contribution < 1.29 is 9.72 Å². The van der Waals surface area contributed by atoms with Gasteiger partial charge in [-0.2, -0.15) is 0 Å². The molecule has 0 aliphatic carbocycles. The highest BCUT2D eigenvalue weighted by Crippen LogP contribution is 2.32. The number of amides is 1. The maximum absolute atomic E-state index is 11.8. The number of nitro groups is 1. The Morgan fingerprint density at radius 3 is 2.56 bits per heavy atom. The first kappa shape index (κ1) is 13.0. The lowest BCUT2D eigenvalue weighted by Gasteiger charge is -2.19. The Bertz CT molecular complexity index is 530. The van der Waals surface area contributed by atoms with E-state index < -0.39 is 4.92 Å². The first-order valence-electron chi connectivity index (χ1n) is 5.60. The summed E-state index contributed by atoms with van der Waals surface area (Å²) in [5.74, 6) is 0.0493. The molecule has 1 saturated heterocycles. The van der Waals surface area contributed by atoms with Crippen LogP contribution in [0.2, 0.25) is 0 Å². The number of hydrogen-bond acceptors (Lipinski definition) is 3. The van der Waals surface area contributed by atoms with E-state index in [2.05, 4.69) is 15.9 Å². The summed E-state index contributed by atoms with van der Waals surface area (Å²) >= 11 is 3.43. The lowest BCUT2D eigenvalue weighted by atomic mass is 10.1. The third-order valence-electron chi connectivity index (χ3n) is 3.08. The number of carbonyl (C=O) groups is 1. The van der Waals surface area contributed by atoms with E-state index in [9.17, 15) is 14.9 Å². The third-order valence-corrected chi connectivity index (χ3v) is 3.69. The van der Waals surface area contributed by atoms with Gasteiger partial charge in [0.1, 0.15) is 0 Å². The maximum Gasteiger partial charge on any atom is 0.272 e. The second kappa shape index (κ2) is 4.68. The summed E-state index contributed by atoms with van der Waals surface area (Å²) in [6.45, 7) is 4.08. The van der Waals surface area contributed by atoms with E-state index in [1.54, 1.807) is 24.8 Å². The molecule has 96 valence electrons. The van der Waals surface area contributed by atoms with Gasteiger partial charge in [0, 0.05) is 35.1 Å². The van der Waals surface area contributed by atoms with Crippen molar-refractivity contribution in [2.45, 2.75) is 25.1 Å². The average Bonchev–Trinajstić information content (AvgIpc) is 2.60. The van der Waals surface area contributed by atoms with Crippen LogP contribution >= 0.6 is 15.9 Å². The number of rotatable bonds is 2. The van der Waals surface area contributed by atoms with Crippen LogP contribution in [0, 0.1) is 24.0 Å². The predicted octanol–water partition coefficient (Wildman–Crippen LogP) is 2.71. The molecule has 1 aromatic carbocycles. The molecule has 18 heavy (non-hydrogen) atoms. The Balaban J connectivity index is 2.44. The summed E-state index contributed by atoms with van der Waals surface area (Å²) in [5, 5.41) is 10.8. The van der Waals surface area contributed by atoms with Crippen LogP contribution in [0.25, 0.3) is 0 Å². The minimum atomic E-state index is -0.398. The lowest BCUT2D eigenvalue weighted by Crippen LogP contribution is -2.25. The molecule has 1 aromatic rings. The van der Waals surface area contributed by atoms with Crippen molar-refractivity contribution in [3.8, 4) is 0 Å². The maximum atomic E-state index is 11.8. The van der Waals surface area contributed by atoms with Crippen molar-refractivity contribution in [3.05, 3.63) is 33.4 Å². The highest BCUT2D eigenvalue weighted by molar-refractivity contribution is 9.09. The molecule has 0 saturated carbocycles. The summed E-state index contributed by atoms with van der Waals surface area (Å²) in [5.41, 5.74) is 2.19. The van der Waals surface area contributed by atoms with E-state index in [0.717, 1.165) is 11.3 Å². The molecular formula is C12H13BrN2O3. The fraction of sp³-hybridized carbons (Fsp3) is 0.417. The van der Waals surface area contributed by atoms with E-state index in [1.807, 2.05) is 0 Å². The first-order chi connectivity index (χ1) is 8.40. The molecule has 1 amide bonds. The largest absolute Gasteiger partial charge is 0.311 e. The molecule has 0 spiro atoms. The molecule has 1 atom stereocenters. The summed E-state index contributed by atoms with van der Waals surface area (Å²) in [6, 6.07) is 3.25. The van der Waals surface area contributed by atoms with Gasteiger partial charge in [-0.05, 0) is 25.5 Å². The number of nitro benzene ring substituents is 1. The van der Waals surface area contributed by atoms with Crippen LogP contribution in [0.5, 0.6) is 0 Å². The molecule has 1 fully saturated rings. The Morgan fingerprint density at radius 1 is 1.39 bits per heavy atom. The number of aryl methyl sites for hydroxylation is 2. The monoisotopic (exact) mass is 312 g/mol. The van der Waals surface area contributed by atoms with Crippen molar-refractivity contribution in [1.29, 1.82) is 0 Å². The molecular weight excluding hydrogens is 300 g/mol. The van der Waals surface area contributed by atoms with Crippen LogP contribution in [0.3, 0.4) is 0 Å². The highest BCUT2D eigenvalue weighted by Gasteiger charge is 2.30. The molecule has 2 rings (SSSR count). The number of nitrogens with zero attached hydrogens (tertiary/aromatic N) is 2. The Hall–Kier alpha value is -1.43. The standard InChI is InChI=1S/C12H13BrN2O3/c1-7-4-11(15(17)18)8(2)3-10(7)14-6-9(13)5-12(14)16/h3-4,9H,5-6H2,1-2H3. The quantitative estimate of drug-likeness (QED) is 0.479. The Labute approximate surface area is 113 Å². The minimum absolute atomic E-state index is 0.0493. The third kappa shape index (κ3) is 2.25. The van der Waals surface area contributed by atoms with Gasteiger partial charge in [0.25, 0.3) is 5.69 Å². The smallest absolute Gasteiger partial charge is 0.272 e. The van der Waals surface area contributed by atoms with Crippen LogP contribution in [0.1, 0.15) is 17.5 Å². The topological polar surface area (TPSA) is 63.5 Å². The van der Waals surface area contributed by atoms with Crippen LogP contribution in [-0.2, 0) is 4.79 Å². The molecule has 1 unspecified atom stereocenters. The zero-order valence-corrected chi connectivity index (χ0v) is 11.7. The highest BCUT2D eigenvalue weighted by atomic mass is 79.9. The lowest BCUT2D eigenvalue weighted by molar-refractivity contribution is -0.385. The van der Waals surface area contributed by atoms with E-state index in [4.69, 9.17) is 0 Å². The van der Waals surface area contributed by atoms with Crippen molar-refractivity contribution in [2.24, 2.45) is 0 Å². The molecule has 0 N–H and O–H groups in total. The summed E-state index contributed by atoms with van der Waals surface area (Å²) < 4.78 is 0. The number of benzene rings is 1. The van der Waals surface area contributed by atoms with Gasteiger partial charge in [-0.15, -0.1) is 0 Å². The number of carbonyl (C=O) groups excluding carboxylic acids is 1. The molecule has 1 aliphatic heterocycles. The van der Waals surface area contributed by atoms with Crippen LogP contribution in [0.15, 0.2) is 12.1 Å². The van der Waals surface area contributed by atoms with Crippen molar-refractivity contribution in [3.63, 3.8) is 0 Å². The zero-order valence-electron chi connectivity index (χ0n) is 10.1. The summed E-state index contributed by atoms with van der Waals surface area (Å²) in [4.78, 5) is 24.1. The van der Waals surface area contributed by atoms with Crippen molar-refractivity contribution >= 4 is 33.2 Å². The van der Waals surface area contributed by atoms with E-state index in [-0.39, 0.29) is 16.4 Å². The van der Waals surface area contributed by atoms with Crippen LogP contribution in [0.4, 0.5) is 11.4 Å². The SMILES string of the molecule is Cc1cc([N+](=O)[O-])c(C)cc1N1CC(Br)CC1=O. The van der Waals surface area contributed by atoms with E-state index in [1.165, 1.54) is 6.07 Å². The van der Waals surface area contributed by atoms with Crippen molar-refractivity contribution in [2.75, 3.05) is 11.4 Å². The normalized spacial score (nSPS) is 19.4. The fourth-order valence-electron chi connectivity index (χ4n) is 2.17. The molecule has 1 heterocycles. The van der Waals surface area contributed by atoms with Gasteiger partial charge in [0.15, 0.2) is 0 Å². The molecule has 0 radical (unpaired) electrons. The summed E-state index contributed by atoms with van der Waals surface area (Å²) in [7, 11) is 0. The van der Waals surface area contributed by atoms with Gasteiger partial charge in [-0.25, -0.2) is 0 Å². The van der Waals surface area contributed by atoms with Crippen molar-refractivity contribution in [1.82, 2.24) is 0 Å². The minimum Gasteiger partial charge on any atom is -0.311 e. The van der Waals surface area contributed by atoms with E-state index >= 15 is 0 Å². The van der Waals surface area contributed by atoms with Crippen LogP contribution < -0.4 is 4.90 Å². The summed E-state index contributed by atoms with van der Waals surface area (Å²) in [6.07, 6.45) is 0.468.